The maximum atomic E-state index is 12.8. The van der Waals surface area contributed by atoms with Crippen LogP contribution in [0, 0.1) is 11.6 Å². The number of benzene rings is 1. The highest BCUT2D eigenvalue weighted by molar-refractivity contribution is 5.65. The third kappa shape index (κ3) is 2.88. The smallest absolute Gasteiger partial charge is 0.405 e. The SMILES string of the molecule is O=C(O)NC(CO)c1ccc(F)c(F)c1. The molecule has 1 amide bonds. The van der Waals surface area contributed by atoms with Gasteiger partial charge in [0.25, 0.3) is 0 Å². The summed E-state index contributed by atoms with van der Waals surface area (Å²) in [6, 6.07) is 1.95. The zero-order valence-electron chi connectivity index (χ0n) is 7.58. The Bertz CT molecular complexity index is 370. The summed E-state index contributed by atoms with van der Waals surface area (Å²) in [4.78, 5) is 10.3. The van der Waals surface area contributed by atoms with Crippen LogP contribution in [0.2, 0.25) is 0 Å². The highest BCUT2D eigenvalue weighted by atomic mass is 19.2. The van der Waals surface area contributed by atoms with Gasteiger partial charge in [-0.3, -0.25) is 0 Å². The van der Waals surface area contributed by atoms with Crippen molar-refractivity contribution in [3.05, 3.63) is 35.4 Å². The van der Waals surface area contributed by atoms with Gasteiger partial charge < -0.3 is 15.5 Å². The van der Waals surface area contributed by atoms with Gasteiger partial charge in [0.2, 0.25) is 0 Å². The monoisotopic (exact) mass is 217 g/mol. The molecule has 1 rings (SSSR count). The van der Waals surface area contributed by atoms with Crippen molar-refractivity contribution in [1.29, 1.82) is 0 Å². The molecule has 0 spiro atoms. The van der Waals surface area contributed by atoms with Gasteiger partial charge in [-0.25, -0.2) is 13.6 Å². The zero-order valence-corrected chi connectivity index (χ0v) is 7.58. The Balaban J connectivity index is 2.92. The van der Waals surface area contributed by atoms with Crippen molar-refractivity contribution in [1.82, 2.24) is 5.32 Å². The lowest BCUT2D eigenvalue weighted by molar-refractivity contribution is 0.177. The molecule has 0 bridgehead atoms. The maximum Gasteiger partial charge on any atom is 0.405 e. The Kier molecular flexibility index (Phi) is 3.56. The van der Waals surface area contributed by atoms with Crippen molar-refractivity contribution in [2.24, 2.45) is 0 Å². The summed E-state index contributed by atoms with van der Waals surface area (Å²) >= 11 is 0. The molecule has 1 aromatic rings. The van der Waals surface area contributed by atoms with E-state index < -0.39 is 30.4 Å². The quantitative estimate of drug-likeness (QED) is 0.714. The summed E-state index contributed by atoms with van der Waals surface area (Å²) in [5.41, 5.74) is 0.166. The molecule has 1 atom stereocenters. The number of carbonyl (C=O) groups is 1. The Morgan fingerprint density at radius 2 is 2.07 bits per heavy atom. The van der Waals surface area contributed by atoms with Crippen LogP contribution >= 0.6 is 0 Å². The Morgan fingerprint density at radius 3 is 2.53 bits per heavy atom. The number of rotatable bonds is 3. The molecular formula is C9H9F2NO3. The molecule has 0 heterocycles. The summed E-state index contributed by atoms with van der Waals surface area (Å²) in [6.45, 7) is -0.530. The largest absolute Gasteiger partial charge is 0.465 e. The highest BCUT2D eigenvalue weighted by Crippen LogP contribution is 2.15. The molecule has 6 heteroatoms. The third-order valence-corrected chi connectivity index (χ3v) is 1.83. The van der Waals surface area contributed by atoms with E-state index in [1.807, 2.05) is 5.32 Å². The van der Waals surface area contributed by atoms with Gasteiger partial charge in [-0.2, -0.15) is 0 Å². The summed E-state index contributed by atoms with van der Waals surface area (Å²) in [6.07, 6.45) is -1.35. The van der Waals surface area contributed by atoms with Gasteiger partial charge >= 0.3 is 6.09 Å². The second-order valence-electron chi connectivity index (χ2n) is 2.86. The Labute approximate surface area is 84.2 Å². The van der Waals surface area contributed by atoms with E-state index in [1.54, 1.807) is 0 Å². The topological polar surface area (TPSA) is 69.6 Å². The summed E-state index contributed by atoms with van der Waals surface area (Å²) in [5.74, 6) is -2.11. The van der Waals surface area contributed by atoms with Crippen LogP contribution in [0.15, 0.2) is 18.2 Å². The Hall–Kier alpha value is -1.69. The predicted molar refractivity (Wildman–Crippen MR) is 47.3 cm³/mol. The minimum atomic E-state index is -1.35. The van der Waals surface area contributed by atoms with Crippen LogP contribution < -0.4 is 5.32 Å². The molecule has 0 aliphatic carbocycles. The van der Waals surface area contributed by atoms with Crippen LogP contribution in [0.5, 0.6) is 0 Å². The van der Waals surface area contributed by atoms with Gasteiger partial charge in [0.15, 0.2) is 11.6 Å². The average molecular weight is 217 g/mol. The highest BCUT2D eigenvalue weighted by Gasteiger charge is 2.14. The first-order chi connectivity index (χ1) is 7.04. The van der Waals surface area contributed by atoms with E-state index in [0.717, 1.165) is 12.1 Å². The average Bonchev–Trinajstić information content (AvgIpc) is 2.18. The molecule has 4 nitrogen and oxygen atoms in total. The molecule has 0 aromatic heterocycles. The zero-order chi connectivity index (χ0) is 11.4. The van der Waals surface area contributed by atoms with Gasteiger partial charge in [0, 0.05) is 0 Å². The fourth-order valence-electron chi connectivity index (χ4n) is 1.11. The van der Waals surface area contributed by atoms with Crippen LogP contribution in [0.4, 0.5) is 13.6 Å². The van der Waals surface area contributed by atoms with Gasteiger partial charge in [0.05, 0.1) is 12.6 Å². The fraction of sp³-hybridized carbons (Fsp3) is 0.222. The van der Waals surface area contributed by atoms with Crippen molar-refractivity contribution in [2.45, 2.75) is 6.04 Å². The van der Waals surface area contributed by atoms with Gasteiger partial charge in [-0.15, -0.1) is 0 Å². The van der Waals surface area contributed by atoms with Crippen LogP contribution in [-0.4, -0.2) is 22.9 Å². The van der Waals surface area contributed by atoms with Crippen molar-refractivity contribution in [3.63, 3.8) is 0 Å². The van der Waals surface area contributed by atoms with Crippen LogP contribution in [0.1, 0.15) is 11.6 Å². The Morgan fingerprint density at radius 1 is 1.40 bits per heavy atom. The van der Waals surface area contributed by atoms with Gasteiger partial charge in [-0.05, 0) is 17.7 Å². The first-order valence-corrected chi connectivity index (χ1v) is 4.10. The van der Waals surface area contributed by atoms with E-state index in [4.69, 9.17) is 10.2 Å². The molecule has 1 aromatic carbocycles. The normalized spacial score (nSPS) is 12.2. The predicted octanol–water partition coefficient (Wildman–Crippen LogP) is 1.27. The second kappa shape index (κ2) is 4.70. The standard InChI is InChI=1S/C9H9F2NO3/c10-6-2-1-5(3-7(6)11)8(4-13)12-9(14)15/h1-3,8,12-13H,4H2,(H,14,15). The molecule has 82 valence electrons. The van der Waals surface area contributed by atoms with E-state index >= 15 is 0 Å². The molecule has 0 radical (unpaired) electrons. The lowest BCUT2D eigenvalue weighted by atomic mass is 10.1. The molecule has 0 fully saturated rings. The number of hydrogen-bond donors (Lipinski definition) is 3. The van der Waals surface area contributed by atoms with Crippen molar-refractivity contribution >= 4 is 6.09 Å². The molecule has 0 saturated heterocycles. The third-order valence-electron chi connectivity index (χ3n) is 1.83. The number of aliphatic hydroxyl groups is 1. The number of halogens is 2. The lowest BCUT2D eigenvalue weighted by Crippen LogP contribution is -2.29. The van der Waals surface area contributed by atoms with Crippen LogP contribution in [-0.2, 0) is 0 Å². The van der Waals surface area contributed by atoms with E-state index in [0.29, 0.717) is 0 Å². The number of amides is 1. The minimum absolute atomic E-state index is 0.166. The fourth-order valence-corrected chi connectivity index (χ4v) is 1.11. The minimum Gasteiger partial charge on any atom is -0.465 e. The first-order valence-electron chi connectivity index (χ1n) is 4.10. The molecule has 1 unspecified atom stereocenters. The van der Waals surface area contributed by atoms with Crippen molar-refractivity contribution < 1.29 is 23.8 Å². The van der Waals surface area contributed by atoms with E-state index in [1.165, 1.54) is 6.07 Å². The summed E-state index contributed by atoms with van der Waals surface area (Å²) in [7, 11) is 0. The number of nitrogens with one attached hydrogen (secondary N) is 1. The number of aliphatic hydroxyl groups excluding tert-OH is 1. The number of hydrogen-bond acceptors (Lipinski definition) is 2. The second-order valence-corrected chi connectivity index (χ2v) is 2.86. The molecule has 0 saturated carbocycles. The molecule has 0 aliphatic heterocycles. The molecular weight excluding hydrogens is 208 g/mol. The van der Waals surface area contributed by atoms with Crippen molar-refractivity contribution in [3.8, 4) is 0 Å². The van der Waals surface area contributed by atoms with Crippen LogP contribution in [0.3, 0.4) is 0 Å². The molecule has 3 N–H and O–H groups in total. The van der Waals surface area contributed by atoms with Crippen molar-refractivity contribution in [2.75, 3.05) is 6.61 Å². The lowest BCUT2D eigenvalue weighted by Gasteiger charge is -2.14. The summed E-state index contributed by atoms with van der Waals surface area (Å²) < 4.78 is 25.3. The van der Waals surface area contributed by atoms with E-state index in [9.17, 15) is 13.6 Å². The van der Waals surface area contributed by atoms with Gasteiger partial charge in [-0.1, -0.05) is 6.07 Å². The van der Waals surface area contributed by atoms with E-state index in [2.05, 4.69) is 0 Å². The number of carboxylic acid groups (broad SMARTS) is 1. The molecule has 15 heavy (non-hydrogen) atoms. The summed E-state index contributed by atoms with van der Waals surface area (Å²) in [5, 5.41) is 19.2. The maximum absolute atomic E-state index is 12.8. The van der Waals surface area contributed by atoms with E-state index in [-0.39, 0.29) is 5.56 Å². The van der Waals surface area contributed by atoms with Gasteiger partial charge in [0.1, 0.15) is 0 Å². The first kappa shape index (κ1) is 11.4. The van der Waals surface area contributed by atoms with Crippen LogP contribution in [0.25, 0.3) is 0 Å². The molecule has 0 aliphatic rings.